The highest BCUT2D eigenvalue weighted by atomic mass is 127. The van der Waals surface area contributed by atoms with E-state index in [4.69, 9.17) is 0 Å². The van der Waals surface area contributed by atoms with Gasteiger partial charge in [0.15, 0.2) is 9.84 Å². The van der Waals surface area contributed by atoms with E-state index >= 15 is 0 Å². The molecule has 0 aromatic heterocycles. The number of hydrogen-bond acceptors (Lipinski definition) is 2. The lowest BCUT2D eigenvalue weighted by Crippen LogP contribution is -2.61. The smallest absolute Gasteiger partial charge is 0.176 e. The van der Waals surface area contributed by atoms with Crippen LogP contribution in [0.3, 0.4) is 0 Å². The van der Waals surface area contributed by atoms with Gasteiger partial charge in [-0.25, -0.2) is 0 Å². The van der Waals surface area contributed by atoms with Crippen LogP contribution < -0.4 is 0 Å². The Labute approximate surface area is 72.7 Å². The van der Waals surface area contributed by atoms with Gasteiger partial charge in [0.1, 0.15) is 4.17 Å². The van der Waals surface area contributed by atoms with Gasteiger partial charge >= 0.3 is 0 Å². The van der Waals surface area contributed by atoms with Crippen LogP contribution in [0.2, 0.25) is 0 Å². The molecule has 0 aromatic rings. The Morgan fingerprint density at radius 3 is 2.67 bits per heavy atom. The molecule has 0 aliphatic carbocycles. The molecule has 2 nitrogen and oxygen atoms in total. The van der Waals surface area contributed by atoms with Crippen LogP contribution in [0, 0.1) is 0 Å². The molecule has 1 aliphatic heterocycles. The van der Waals surface area contributed by atoms with Crippen molar-refractivity contribution < 1.29 is 0 Å². The first-order valence-electron chi connectivity index (χ1n) is 3.34. The summed E-state index contributed by atoms with van der Waals surface area (Å²) in [5.74, 6) is 0. The van der Waals surface area contributed by atoms with Gasteiger partial charge < -0.3 is 0 Å². The molecule has 0 aromatic carbocycles. The van der Waals surface area contributed by atoms with Gasteiger partial charge in [-0.1, -0.05) is 6.92 Å². The van der Waals surface area contributed by atoms with E-state index in [1.54, 1.807) is 0 Å². The highest BCUT2D eigenvalue weighted by Crippen LogP contribution is 2.19. The summed E-state index contributed by atoms with van der Waals surface area (Å²) in [5.41, 5.74) is 0. The summed E-state index contributed by atoms with van der Waals surface area (Å²) in [7, 11) is 2.26. The van der Waals surface area contributed by atoms with E-state index in [0.717, 1.165) is 0 Å². The second-order valence-electron chi connectivity index (χ2n) is 2.52. The average molecular weight is 256 g/mol. The van der Waals surface area contributed by atoms with Crippen molar-refractivity contribution in [3.63, 3.8) is 0 Å². The molecule has 1 atom stereocenters. The average Bonchev–Trinajstić information content (AvgIpc) is 1.88. The van der Waals surface area contributed by atoms with Crippen LogP contribution in [0.1, 0.15) is 13.3 Å². The SMILES string of the molecule is CCCN1[SiH2]N(C)C1I. The summed E-state index contributed by atoms with van der Waals surface area (Å²) in [6.45, 7) is 3.56. The second kappa shape index (κ2) is 3.31. The van der Waals surface area contributed by atoms with Gasteiger partial charge in [-0.05, 0) is 42.6 Å². The third kappa shape index (κ3) is 1.66. The van der Waals surface area contributed by atoms with Crippen LogP contribution in [0.4, 0.5) is 0 Å². The lowest BCUT2D eigenvalue weighted by Gasteiger charge is -2.45. The number of alkyl halides is 1. The van der Waals surface area contributed by atoms with Crippen LogP contribution >= 0.6 is 22.6 Å². The molecule has 1 rings (SSSR count). The van der Waals surface area contributed by atoms with E-state index in [9.17, 15) is 0 Å². The Bertz CT molecular complexity index is 99.0. The van der Waals surface area contributed by atoms with Gasteiger partial charge in [-0.15, -0.1) is 0 Å². The molecule has 0 radical (unpaired) electrons. The summed E-state index contributed by atoms with van der Waals surface area (Å²) >= 11 is 2.49. The predicted octanol–water partition coefficient (Wildman–Crippen LogP) is 0.361. The van der Waals surface area contributed by atoms with Crippen molar-refractivity contribution in [2.24, 2.45) is 0 Å². The van der Waals surface area contributed by atoms with Crippen molar-refractivity contribution in [1.29, 1.82) is 0 Å². The molecule has 0 spiro atoms. The fraction of sp³-hybridized carbons (Fsp3) is 1.00. The molecule has 0 amide bonds. The van der Waals surface area contributed by atoms with E-state index in [0.29, 0.717) is 4.17 Å². The van der Waals surface area contributed by atoms with E-state index in [-0.39, 0.29) is 9.84 Å². The second-order valence-corrected chi connectivity index (χ2v) is 5.73. The Morgan fingerprint density at radius 2 is 2.33 bits per heavy atom. The van der Waals surface area contributed by atoms with Crippen molar-refractivity contribution in [2.45, 2.75) is 17.5 Å². The Hall–Kier alpha value is 0.867. The van der Waals surface area contributed by atoms with Gasteiger partial charge in [0.2, 0.25) is 0 Å². The predicted molar refractivity (Wildman–Crippen MR) is 51.1 cm³/mol. The van der Waals surface area contributed by atoms with Gasteiger partial charge in [0.05, 0.1) is 0 Å². The third-order valence-corrected chi connectivity index (χ3v) is 6.62. The summed E-state index contributed by atoms with van der Waals surface area (Å²) in [6, 6.07) is 0. The molecule has 1 saturated heterocycles. The molecule has 9 heavy (non-hydrogen) atoms. The maximum Gasteiger partial charge on any atom is 0.176 e. The fourth-order valence-corrected chi connectivity index (χ4v) is 3.91. The van der Waals surface area contributed by atoms with Crippen molar-refractivity contribution in [2.75, 3.05) is 13.6 Å². The van der Waals surface area contributed by atoms with Crippen LogP contribution in [-0.4, -0.2) is 36.7 Å². The molecule has 1 unspecified atom stereocenters. The Morgan fingerprint density at radius 1 is 1.67 bits per heavy atom. The van der Waals surface area contributed by atoms with Gasteiger partial charge in [-0.2, -0.15) is 0 Å². The van der Waals surface area contributed by atoms with E-state index in [1.807, 2.05) is 0 Å². The van der Waals surface area contributed by atoms with Gasteiger partial charge in [-0.3, -0.25) is 9.13 Å². The highest BCUT2D eigenvalue weighted by Gasteiger charge is 2.29. The molecule has 1 fully saturated rings. The lowest BCUT2D eigenvalue weighted by molar-refractivity contribution is 0.213. The van der Waals surface area contributed by atoms with E-state index in [1.165, 1.54) is 13.0 Å². The summed E-state index contributed by atoms with van der Waals surface area (Å²) in [6.07, 6.45) is 1.31. The minimum Gasteiger partial charge on any atom is -0.296 e. The van der Waals surface area contributed by atoms with Crippen molar-refractivity contribution >= 4 is 32.4 Å². The molecule has 0 bridgehead atoms. The van der Waals surface area contributed by atoms with Crippen molar-refractivity contribution in [1.82, 2.24) is 9.13 Å². The molecule has 1 heterocycles. The quantitative estimate of drug-likeness (QED) is 0.305. The molecule has 0 saturated carbocycles. The van der Waals surface area contributed by atoms with Gasteiger partial charge in [0, 0.05) is 0 Å². The lowest BCUT2D eigenvalue weighted by atomic mass is 10.5. The molecule has 4 heteroatoms. The fourth-order valence-electron chi connectivity index (χ4n) is 1.07. The van der Waals surface area contributed by atoms with Crippen molar-refractivity contribution in [3.8, 4) is 0 Å². The summed E-state index contributed by atoms with van der Waals surface area (Å²) in [5, 5.41) is 0. The first-order chi connectivity index (χ1) is 4.25. The zero-order valence-corrected chi connectivity index (χ0v) is 9.54. The first kappa shape index (κ1) is 7.97. The summed E-state index contributed by atoms with van der Waals surface area (Å²) in [4.78, 5) is 0. The highest BCUT2D eigenvalue weighted by molar-refractivity contribution is 14.1. The van der Waals surface area contributed by atoms with Gasteiger partial charge in [0.25, 0.3) is 0 Å². The minimum absolute atomic E-state index is 0.0440. The minimum atomic E-state index is 0.0440. The number of hydrogen-bond donors (Lipinski definition) is 0. The molecular formula is C5H13IN2Si. The first-order valence-corrected chi connectivity index (χ1v) is 5.85. The maximum absolute atomic E-state index is 2.60. The van der Waals surface area contributed by atoms with E-state index in [2.05, 4.69) is 45.7 Å². The van der Waals surface area contributed by atoms with E-state index < -0.39 is 0 Å². The molecular weight excluding hydrogens is 243 g/mol. The number of rotatable bonds is 2. The number of nitrogens with zero attached hydrogens (tertiary/aromatic N) is 2. The standard InChI is InChI=1S/C5H13IN2Si/c1-3-4-8-5(6)7(2)9-8/h5H,3-4,9H2,1-2H3. The monoisotopic (exact) mass is 256 g/mol. The largest absolute Gasteiger partial charge is 0.296 e. The zero-order valence-electron chi connectivity index (χ0n) is 5.97. The maximum atomic E-state index is 2.60. The Kier molecular flexibility index (Phi) is 2.93. The van der Waals surface area contributed by atoms with Crippen LogP contribution in [0.15, 0.2) is 0 Å². The van der Waals surface area contributed by atoms with Crippen LogP contribution in [-0.2, 0) is 0 Å². The summed E-state index contributed by atoms with van der Waals surface area (Å²) < 4.78 is 5.78. The van der Waals surface area contributed by atoms with Crippen LogP contribution in [0.25, 0.3) is 0 Å². The molecule has 1 aliphatic rings. The zero-order chi connectivity index (χ0) is 6.85. The van der Waals surface area contributed by atoms with Crippen LogP contribution in [0.5, 0.6) is 0 Å². The topological polar surface area (TPSA) is 6.48 Å². The molecule has 0 N–H and O–H groups in total. The molecule has 54 valence electrons. The number of halogens is 1. The van der Waals surface area contributed by atoms with Crippen molar-refractivity contribution in [3.05, 3.63) is 0 Å². The third-order valence-electron chi connectivity index (χ3n) is 1.58. The Balaban J connectivity index is 2.17. The normalized spacial score (nSPS) is 33.0.